The first-order valence-corrected chi connectivity index (χ1v) is 12.9. The minimum absolute atomic E-state index is 0.216. The number of benzene rings is 4. The molecule has 0 aliphatic carbocycles. The number of carbonyl (C=O) groups excluding carboxylic acids is 2. The largest absolute Gasteiger partial charge is 0.492 e. The summed E-state index contributed by atoms with van der Waals surface area (Å²) in [5.41, 5.74) is 4.20. The first-order valence-electron chi connectivity index (χ1n) is 12.9. The predicted octanol–water partition coefficient (Wildman–Crippen LogP) is 6.16. The quantitative estimate of drug-likeness (QED) is 0.224. The number of nitrogens with zero attached hydrogens (tertiary/aromatic N) is 1. The number of amides is 3. The zero-order chi connectivity index (χ0) is 28.5. The first-order chi connectivity index (χ1) is 19.4. The summed E-state index contributed by atoms with van der Waals surface area (Å²) in [6, 6.07) is 29.4. The lowest BCUT2D eigenvalue weighted by molar-refractivity contribution is -0.141. The molecule has 3 N–H and O–H groups in total. The van der Waals surface area contributed by atoms with Gasteiger partial charge in [0.2, 0.25) is 0 Å². The number of hydrogen-bond donors (Lipinski definition) is 3. The van der Waals surface area contributed by atoms with Gasteiger partial charge in [0, 0.05) is 24.7 Å². The van der Waals surface area contributed by atoms with Crippen LogP contribution in [0.25, 0.3) is 11.1 Å². The van der Waals surface area contributed by atoms with Gasteiger partial charge in [-0.15, -0.1) is 0 Å². The van der Waals surface area contributed by atoms with E-state index in [1.165, 1.54) is 11.9 Å². The van der Waals surface area contributed by atoms with Gasteiger partial charge in [0.15, 0.2) is 0 Å². The normalized spacial score (nSPS) is 11.2. The molecule has 0 fully saturated rings. The fraction of sp³-hybridized carbons (Fsp3) is 0.156. The van der Waals surface area contributed by atoms with E-state index in [0.29, 0.717) is 29.3 Å². The number of carboxylic acids is 1. The summed E-state index contributed by atoms with van der Waals surface area (Å²) in [4.78, 5) is 38.7. The van der Waals surface area contributed by atoms with Crippen molar-refractivity contribution in [2.75, 3.05) is 24.3 Å². The van der Waals surface area contributed by atoms with Crippen molar-refractivity contribution in [1.82, 2.24) is 4.90 Å². The molecule has 0 saturated heterocycles. The third-order valence-electron chi connectivity index (χ3n) is 6.39. The highest BCUT2D eigenvalue weighted by molar-refractivity contribution is 6.01. The van der Waals surface area contributed by atoms with Gasteiger partial charge in [0.1, 0.15) is 11.8 Å². The topological polar surface area (TPSA) is 108 Å². The maximum atomic E-state index is 13.1. The molecule has 4 aromatic carbocycles. The van der Waals surface area contributed by atoms with Crippen molar-refractivity contribution in [2.45, 2.75) is 19.4 Å². The Morgan fingerprint density at radius 3 is 2.02 bits per heavy atom. The summed E-state index contributed by atoms with van der Waals surface area (Å²) in [6.45, 7) is 2.37. The van der Waals surface area contributed by atoms with Crippen LogP contribution in [0.4, 0.5) is 16.2 Å². The molecule has 0 saturated carbocycles. The average molecular weight is 538 g/mol. The first kappa shape index (κ1) is 27.9. The highest BCUT2D eigenvalue weighted by Crippen LogP contribution is 2.25. The number of para-hydroxylation sites is 2. The highest BCUT2D eigenvalue weighted by atomic mass is 16.5. The summed E-state index contributed by atoms with van der Waals surface area (Å²) in [5.74, 6) is -0.832. The average Bonchev–Trinajstić information content (AvgIpc) is 2.97. The molecule has 1 atom stereocenters. The molecular formula is C32H31N3O5. The molecule has 0 unspecified atom stereocenters. The molecule has 8 heteroatoms. The second kappa shape index (κ2) is 13.1. The van der Waals surface area contributed by atoms with Crippen molar-refractivity contribution in [1.29, 1.82) is 0 Å². The Balaban J connectivity index is 1.39. The Bertz CT molecular complexity index is 1450. The number of hydrogen-bond acceptors (Lipinski definition) is 4. The van der Waals surface area contributed by atoms with Gasteiger partial charge >= 0.3 is 12.0 Å². The second-order valence-corrected chi connectivity index (χ2v) is 9.12. The van der Waals surface area contributed by atoms with Crippen LogP contribution in [0.15, 0.2) is 103 Å². The monoisotopic (exact) mass is 537 g/mol. The molecule has 0 radical (unpaired) electrons. The molecule has 4 rings (SSSR count). The Labute approximate surface area is 233 Å². The van der Waals surface area contributed by atoms with Crippen LogP contribution in [-0.4, -0.2) is 47.6 Å². The van der Waals surface area contributed by atoms with Gasteiger partial charge in [-0.1, -0.05) is 66.7 Å². The Morgan fingerprint density at radius 1 is 0.800 bits per heavy atom. The van der Waals surface area contributed by atoms with Gasteiger partial charge in [0.05, 0.1) is 12.3 Å². The van der Waals surface area contributed by atoms with E-state index in [-0.39, 0.29) is 18.4 Å². The lowest BCUT2D eigenvalue weighted by Crippen LogP contribution is -2.43. The van der Waals surface area contributed by atoms with Crippen LogP contribution in [-0.2, 0) is 11.2 Å². The Kier molecular flexibility index (Phi) is 9.15. The molecule has 0 aliphatic rings. The second-order valence-electron chi connectivity index (χ2n) is 9.12. The van der Waals surface area contributed by atoms with Crippen LogP contribution in [0.3, 0.4) is 0 Å². The fourth-order valence-electron chi connectivity index (χ4n) is 4.26. The predicted molar refractivity (Wildman–Crippen MR) is 156 cm³/mol. The van der Waals surface area contributed by atoms with Crippen molar-refractivity contribution in [3.8, 4) is 16.9 Å². The molecule has 0 aromatic heterocycles. The number of anilines is 2. The van der Waals surface area contributed by atoms with Gasteiger partial charge in [-0.3, -0.25) is 4.79 Å². The van der Waals surface area contributed by atoms with Gasteiger partial charge < -0.3 is 25.4 Å². The van der Waals surface area contributed by atoms with E-state index < -0.39 is 12.0 Å². The SMILES string of the molecule is CCOc1ccccc1NC(=O)Nc1ccc(-c2ccc(C(=O)N(C)[C@@H](Cc3ccccc3)C(=O)O)cc2)cc1. The number of urea groups is 1. The lowest BCUT2D eigenvalue weighted by Gasteiger charge is -2.25. The van der Waals surface area contributed by atoms with Gasteiger partial charge in [-0.05, 0) is 60.0 Å². The number of likely N-dealkylation sites (N-methyl/N-ethyl adjacent to an activating group) is 1. The molecule has 8 nitrogen and oxygen atoms in total. The molecule has 0 spiro atoms. The van der Waals surface area contributed by atoms with Crippen molar-refractivity contribution in [3.63, 3.8) is 0 Å². The van der Waals surface area contributed by atoms with Gasteiger partial charge in [-0.25, -0.2) is 9.59 Å². The van der Waals surface area contributed by atoms with E-state index in [4.69, 9.17) is 4.74 Å². The summed E-state index contributed by atoms with van der Waals surface area (Å²) in [6.07, 6.45) is 0.216. The van der Waals surface area contributed by atoms with E-state index in [1.54, 1.807) is 36.4 Å². The van der Waals surface area contributed by atoms with Crippen LogP contribution >= 0.6 is 0 Å². The van der Waals surface area contributed by atoms with Crippen LogP contribution in [0.1, 0.15) is 22.8 Å². The van der Waals surface area contributed by atoms with E-state index >= 15 is 0 Å². The summed E-state index contributed by atoms with van der Waals surface area (Å²) < 4.78 is 5.54. The number of aliphatic carboxylic acids is 1. The third-order valence-corrected chi connectivity index (χ3v) is 6.39. The minimum atomic E-state index is -1.06. The Hall–Kier alpha value is -5.11. The summed E-state index contributed by atoms with van der Waals surface area (Å²) >= 11 is 0. The smallest absolute Gasteiger partial charge is 0.326 e. The van der Waals surface area contributed by atoms with E-state index in [9.17, 15) is 19.5 Å². The summed E-state index contributed by atoms with van der Waals surface area (Å²) in [7, 11) is 1.51. The van der Waals surface area contributed by atoms with Crippen molar-refractivity contribution in [2.24, 2.45) is 0 Å². The zero-order valence-electron chi connectivity index (χ0n) is 22.3. The standard InChI is InChI=1S/C32H31N3O5/c1-3-40-29-12-8-7-11-27(29)34-32(39)33-26-19-17-24(18-20-26)23-13-15-25(16-14-23)30(36)35(2)28(31(37)38)21-22-9-5-4-6-10-22/h4-20,28H,3,21H2,1-2H3,(H,37,38)(H2,33,34,39)/t28-/m0/s1. The van der Waals surface area contributed by atoms with E-state index in [0.717, 1.165) is 16.7 Å². The number of carbonyl (C=O) groups is 3. The minimum Gasteiger partial charge on any atom is -0.492 e. The maximum absolute atomic E-state index is 13.1. The molecule has 3 amide bonds. The van der Waals surface area contributed by atoms with Gasteiger partial charge in [-0.2, -0.15) is 0 Å². The molecule has 0 aliphatic heterocycles. The number of nitrogens with one attached hydrogen (secondary N) is 2. The molecule has 40 heavy (non-hydrogen) atoms. The molecule has 4 aromatic rings. The van der Waals surface area contributed by atoms with Crippen LogP contribution in [0, 0.1) is 0 Å². The molecule has 0 heterocycles. The summed E-state index contributed by atoms with van der Waals surface area (Å²) in [5, 5.41) is 15.4. The molecule has 204 valence electrons. The number of ether oxygens (including phenoxy) is 1. The zero-order valence-corrected chi connectivity index (χ0v) is 22.3. The maximum Gasteiger partial charge on any atom is 0.326 e. The van der Waals surface area contributed by atoms with E-state index in [1.807, 2.05) is 73.7 Å². The lowest BCUT2D eigenvalue weighted by atomic mass is 10.0. The van der Waals surface area contributed by atoms with Crippen LogP contribution in [0.2, 0.25) is 0 Å². The number of carboxylic acid groups (broad SMARTS) is 1. The third kappa shape index (κ3) is 7.05. The van der Waals surface area contributed by atoms with Crippen molar-refractivity contribution >= 4 is 29.3 Å². The highest BCUT2D eigenvalue weighted by Gasteiger charge is 2.27. The van der Waals surface area contributed by atoms with Crippen molar-refractivity contribution in [3.05, 3.63) is 114 Å². The van der Waals surface area contributed by atoms with Crippen LogP contribution in [0.5, 0.6) is 5.75 Å². The fourth-order valence-corrected chi connectivity index (χ4v) is 4.26. The van der Waals surface area contributed by atoms with Crippen LogP contribution < -0.4 is 15.4 Å². The van der Waals surface area contributed by atoms with Gasteiger partial charge in [0.25, 0.3) is 5.91 Å². The number of rotatable bonds is 10. The molecular weight excluding hydrogens is 506 g/mol. The Morgan fingerprint density at radius 2 is 1.40 bits per heavy atom. The van der Waals surface area contributed by atoms with Crippen molar-refractivity contribution < 1.29 is 24.2 Å². The molecule has 0 bridgehead atoms. The van der Waals surface area contributed by atoms with E-state index in [2.05, 4.69) is 10.6 Å².